The van der Waals surface area contributed by atoms with Crippen molar-refractivity contribution in [3.63, 3.8) is 0 Å². The number of benzene rings is 2. The van der Waals surface area contributed by atoms with Gasteiger partial charge in [-0.05, 0) is 28.7 Å². The molecule has 0 heterocycles. The monoisotopic (exact) mass is 282 g/mol. The first-order valence-electron chi connectivity index (χ1n) is 7.20. The first-order chi connectivity index (χ1) is 10.1. The Kier molecular flexibility index (Phi) is 3.60. The van der Waals surface area contributed by atoms with Crippen LogP contribution in [-0.2, 0) is 16.0 Å². The summed E-state index contributed by atoms with van der Waals surface area (Å²) < 4.78 is 0. The molecule has 2 aromatic carbocycles. The molecule has 1 fully saturated rings. The fourth-order valence-electron chi connectivity index (χ4n) is 2.58. The summed E-state index contributed by atoms with van der Waals surface area (Å²) >= 11 is 0. The Bertz CT molecular complexity index is 691. The molecule has 21 heavy (non-hydrogen) atoms. The molecule has 2 N–H and O–H groups in total. The molecule has 108 valence electrons. The molecule has 0 aromatic heterocycles. The van der Waals surface area contributed by atoms with Crippen LogP contribution in [0, 0.1) is 11.8 Å². The third-order valence-corrected chi connectivity index (χ3v) is 4.00. The SMILES string of the molecule is C[C@@H]1C[C@@H]1C(=O)NNC(=O)Cc1cccc2ccccc12. The van der Waals surface area contributed by atoms with Gasteiger partial charge < -0.3 is 0 Å². The maximum Gasteiger partial charge on any atom is 0.242 e. The summed E-state index contributed by atoms with van der Waals surface area (Å²) in [6.45, 7) is 2.03. The van der Waals surface area contributed by atoms with E-state index in [0.717, 1.165) is 22.8 Å². The molecule has 1 aliphatic carbocycles. The summed E-state index contributed by atoms with van der Waals surface area (Å²) in [6.07, 6.45) is 1.16. The number of nitrogens with one attached hydrogen (secondary N) is 2. The third kappa shape index (κ3) is 3.05. The van der Waals surface area contributed by atoms with E-state index in [1.807, 2.05) is 49.4 Å². The fraction of sp³-hybridized carbons (Fsp3) is 0.294. The highest BCUT2D eigenvalue weighted by Gasteiger charge is 2.39. The standard InChI is InChI=1S/C17H18N2O2/c1-11-9-15(11)17(21)19-18-16(20)10-13-7-4-6-12-5-2-3-8-14(12)13/h2-8,11,15H,9-10H2,1H3,(H,18,20)(H,19,21)/t11-,15+/m1/s1. The summed E-state index contributed by atoms with van der Waals surface area (Å²) in [5.41, 5.74) is 5.96. The second-order valence-corrected chi connectivity index (χ2v) is 5.67. The maximum absolute atomic E-state index is 12.0. The average Bonchev–Trinajstić information content (AvgIpc) is 3.22. The number of hydrogen-bond acceptors (Lipinski definition) is 2. The van der Waals surface area contributed by atoms with Crippen LogP contribution in [0.1, 0.15) is 18.9 Å². The molecule has 0 unspecified atom stereocenters. The van der Waals surface area contributed by atoms with Crippen LogP contribution < -0.4 is 10.9 Å². The zero-order valence-electron chi connectivity index (χ0n) is 11.9. The van der Waals surface area contributed by atoms with Crippen LogP contribution >= 0.6 is 0 Å². The van der Waals surface area contributed by atoms with E-state index in [0.29, 0.717) is 5.92 Å². The smallest absolute Gasteiger partial charge is 0.242 e. The summed E-state index contributed by atoms with van der Waals surface area (Å²) in [6, 6.07) is 13.9. The lowest BCUT2D eigenvalue weighted by molar-refractivity contribution is -0.129. The number of hydrogen-bond donors (Lipinski definition) is 2. The summed E-state index contributed by atoms with van der Waals surface area (Å²) in [5, 5.41) is 2.18. The van der Waals surface area contributed by atoms with Crippen LogP contribution in [0.2, 0.25) is 0 Å². The molecule has 2 amide bonds. The molecular weight excluding hydrogens is 264 g/mol. The van der Waals surface area contributed by atoms with E-state index in [1.54, 1.807) is 0 Å². The van der Waals surface area contributed by atoms with Crippen LogP contribution in [0.15, 0.2) is 42.5 Å². The Balaban J connectivity index is 1.62. The van der Waals surface area contributed by atoms with Crippen molar-refractivity contribution in [2.45, 2.75) is 19.8 Å². The predicted molar refractivity (Wildman–Crippen MR) is 81.2 cm³/mol. The Hall–Kier alpha value is -2.36. The van der Waals surface area contributed by atoms with E-state index in [4.69, 9.17) is 0 Å². The number of amides is 2. The summed E-state index contributed by atoms with van der Waals surface area (Å²) in [5.74, 6) is 0.199. The molecule has 2 aromatic rings. The number of fused-ring (bicyclic) bond motifs is 1. The van der Waals surface area contributed by atoms with Gasteiger partial charge in [0.15, 0.2) is 0 Å². The van der Waals surface area contributed by atoms with Crippen LogP contribution in [0.4, 0.5) is 0 Å². The molecule has 2 atom stereocenters. The molecule has 0 radical (unpaired) electrons. The van der Waals surface area contributed by atoms with Crippen molar-refractivity contribution in [2.75, 3.05) is 0 Å². The third-order valence-electron chi connectivity index (χ3n) is 4.00. The lowest BCUT2D eigenvalue weighted by atomic mass is 10.0. The Labute approximate surface area is 123 Å². The Morgan fingerprint density at radius 3 is 2.57 bits per heavy atom. The van der Waals surface area contributed by atoms with E-state index < -0.39 is 0 Å². The Morgan fingerprint density at radius 2 is 1.81 bits per heavy atom. The van der Waals surface area contributed by atoms with E-state index >= 15 is 0 Å². The highest BCUT2D eigenvalue weighted by molar-refractivity contribution is 5.91. The van der Waals surface area contributed by atoms with Crippen LogP contribution in [0.5, 0.6) is 0 Å². The van der Waals surface area contributed by atoms with Gasteiger partial charge in [-0.25, -0.2) is 0 Å². The average molecular weight is 282 g/mol. The van der Waals surface area contributed by atoms with E-state index in [1.165, 1.54) is 0 Å². The van der Waals surface area contributed by atoms with Gasteiger partial charge in [-0.1, -0.05) is 49.4 Å². The van der Waals surface area contributed by atoms with Crippen LogP contribution in [0.3, 0.4) is 0 Å². The van der Waals surface area contributed by atoms with Gasteiger partial charge in [0.2, 0.25) is 11.8 Å². The van der Waals surface area contributed by atoms with Crippen LogP contribution in [0.25, 0.3) is 10.8 Å². The van der Waals surface area contributed by atoms with E-state index in [2.05, 4.69) is 10.9 Å². The normalized spacial score (nSPS) is 20.0. The minimum Gasteiger partial charge on any atom is -0.273 e. The van der Waals surface area contributed by atoms with E-state index in [-0.39, 0.29) is 24.2 Å². The molecule has 0 spiro atoms. The number of hydrazine groups is 1. The lowest BCUT2D eigenvalue weighted by Gasteiger charge is -2.09. The number of carbonyl (C=O) groups is 2. The van der Waals surface area contributed by atoms with Crippen molar-refractivity contribution >= 4 is 22.6 Å². The largest absolute Gasteiger partial charge is 0.273 e. The minimum atomic E-state index is -0.201. The maximum atomic E-state index is 12.0. The molecule has 0 bridgehead atoms. The molecule has 1 aliphatic rings. The molecule has 0 aliphatic heterocycles. The predicted octanol–water partition coefficient (Wildman–Crippen LogP) is 2.19. The molecule has 4 heteroatoms. The molecule has 1 saturated carbocycles. The van der Waals surface area contributed by atoms with Crippen molar-refractivity contribution in [1.29, 1.82) is 0 Å². The second kappa shape index (κ2) is 5.56. The first-order valence-corrected chi connectivity index (χ1v) is 7.20. The zero-order valence-corrected chi connectivity index (χ0v) is 11.9. The quantitative estimate of drug-likeness (QED) is 0.848. The topological polar surface area (TPSA) is 58.2 Å². The van der Waals surface area contributed by atoms with Crippen molar-refractivity contribution in [2.24, 2.45) is 11.8 Å². The Morgan fingerprint density at radius 1 is 1.10 bits per heavy atom. The molecule has 3 rings (SSSR count). The fourth-order valence-corrected chi connectivity index (χ4v) is 2.58. The van der Waals surface area contributed by atoms with Crippen molar-refractivity contribution in [3.8, 4) is 0 Å². The molecule has 4 nitrogen and oxygen atoms in total. The van der Waals surface area contributed by atoms with Gasteiger partial charge in [-0.3, -0.25) is 20.4 Å². The van der Waals surface area contributed by atoms with Gasteiger partial charge in [0.25, 0.3) is 0 Å². The lowest BCUT2D eigenvalue weighted by Crippen LogP contribution is -2.43. The highest BCUT2D eigenvalue weighted by Crippen LogP contribution is 2.37. The number of rotatable bonds is 3. The van der Waals surface area contributed by atoms with Crippen LogP contribution in [-0.4, -0.2) is 11.8 Å². The van der Waals surface area contributed by atoms with Gasteiger partial charge in [-0.15, -0.1) is 0 Å². The van der Waals surface area contributed by atoms with E-state index in [9.17, 15) is 9.59 Å². The van der Waals surface area contributed by atoms with Gasteiger partial charge in [0, 0.05) is 5.92 Å². The molecular formula is C17H18N2O2. The van der Waals surface area contributed by atoms with Gasteiger partial charge in [0.05, 0.1) is 6.42 Å². The van der Waals surface area contributed by atoms with Gasteiger partial charge in [0.1, 0.15) is 0 Å². The summed E-state index contributed by atoms with van der Waals surface area (Å²) in [4.78, 5) is 23.6. The van der Waals surface area contributed by atoms with Gasteiger partial charge >= 0.3 is 0 Å². The van der Waals surface area contributed by atoms with Crippen molar-refractivity contribution < 1.29 is 9.59 Å². The minimum absolute atomic E-state index is 0.0582. The van der Waals surface area contributed by atoms with Crippen molar-refractivity contribution in [3.05, 3.63) is 48.0 Å². The van der Waals surface area contributed by atoms with Gasteiger partial charge in [-0.2, -0.15) is 0 Å². The second-order valence-electron chi connectivity index (χ2n) is 5.67. The van der Waals surface area contributed by atoms with Crippen molar-refractivity contribution in [1.82, 2.24) is 10.9 Å². The summed E-state index contributed by atoms with van der Waals surface area (Å²) in [7, 11) is 0. The first kappa shape index (κ1) is 13.6. The highest BCUT2D eigenvalue weighted by atomic mass is 16.2. The number of carbonyl (C=O) groups excluding carboxylic acids is 2. The zero-order chi connectivity index (χ0) is 14.8. The molecule has 0 saturated heterocycles.